The van der Waals surface area contributed by atoms with E-state index in [2.05, 4.69) is 20.9 Å². The summed E-state index contributed by atoms with van der Waals surface area (Å²) in [5.74, 6) is -2.60. The van der Waals surface area contributed by atoms with Crippen molar-refractivity contribution in [2.45, 2.75) is 25.2 Å². The van der Waals surface area contributed by atoms with Crippen LogP contribution in [0.4, 0.5) is 20.2 Å². The summed E-state index contributed by atoms with van der Waals surface area (Å²) >= 11 is 3.17. The van der Waals surface area contributed by atoms with Crippen molar-refractivity contribution in [3.8, 4) is 0 Å². The second-order valence-corrected chi connectivity index (χ2v) is 4.83. The lowest BCUT2D eigenvalue weighted by atomic mass is 9.91. The van der Waals surface area contributed by atoms with Gasteiger partial charge in [0.1, 0.15) is 4.60 Å². The van der Waals surface area contributed by atoms with Crippen LogP contribution in [0.15, 0.2) is 16.9 Å². The van der Waals surface area contributed by atoms with Crippen LogP contribution in [0.1, 0.15) is 24.8 Å². The van der Waals surface area contributed by atoms with Gasteiger partial charge in [0.25, 0.3) is 5.92 Å². The lowest BCUT2D eigenvalue weighted by molar-refractivity contribution is -0.00602. The van der Waals surface area contributed by atoms with Crippen molar-refractivity contribution in [3.63, 3.8) is 0 Å². The molecule has 1 aromatic rings. The third kappa shape index (κ3) is 2.41. The molecule has 92 valence electrons. The van der Waals surface area contributed by atoms with Crippen molar-refractivity contribution >= 4 is 32.9 Å². The summed E-state index contributed by atoms with van der Waals surface area (Å²) in [6, 6.07) is 0. The minimum atomic E-state index is -2.60. The van der Waals surface area contributed by atoms with Crippen LogP contribution in [0.5, 0.6) is 0 Å². The van der Waals surface area contributed by atoms with Crippen LogP contribution in [0.25, 0.3) is 5.57 Å². The largest absolute Gasteiger partial charge is 0.396 e. The highest BCUT2D eigenvalue weighted by molar-refractivity contribution is 9.10. The van der Waals surface area contributed by atoms with Crippen molar-refractivity contribution in [1.82, 2.24) is 4.98 Å². The molecule has 2 rings (SSSR count). The highest BCUT2D eigenvalue weighted by Gasteiger charge is 2.31. The molecule has 0 spiro atoms. The highest BCUT2D eigenvalue weighted by Crippen LogP contribution is 2.39. The van der Waals surface area contributed by atoms with Gasteiger partial charge in [0.05, 0.1) is 11.4 Å². The molecule has 0 atom stereocenters. The predicted octanol–water partition coefficient (Wildman–Crippen LogP) is 3.21. The number of hydrogen-bond acceptors (Lipinski definition) is 3. The fourth-order valence-electron chi connectivity index (χ4n) is 1.81. The molecule has 0 aromatic carbocycles. The van der Waals surface area contributed by atoms with E-state index in [9.17, 15) is 8.78 Å². The molecule has 0 saturated carbocycles. The van der Waals surface area contributed by atoms with Crippen molar-refractivity contribution in [2.75, 3.05) is 11.5 Å². The van der Waals surface area contributed by atoms with Gasteiger partial charge in [-0.05, 0) is 27.9 Å². The molecule has 3 nitrogen and oxygen atoms in total. The van der Waals surface area contributed by atoms with Crippen molar-refractivity contribution < 1.29 is 8.78 Å². The normalized spacial score (nSPS) is 18.9. The van der Waals surface area contributed by atoms with Gasteiger partial charge >= 0.3 is 0 Å². The quantitative estimate of drug-likeness (QED) is 0.783. The van der Waals surface area contributed by atoms with Gasteiger partial charge in [-0.25, -0.2) is 13.8 Å². The topological polar surface area (TPSA) is 64.9 Å². The smallest absolute Gasteiger partial charge is 0.251 e. The lowest BCUT2D eigenvalue weighted by Gasteiger charge is -2.22. The monoisotopic (exact) mass is 303 g/mol. The molecule has 0 radical (unpaired) electrons. The molecule has 0 amide bonds. The molecule has 17 heavy (non-hydrogen) atoms. The Morgan fingerprint density at radius 2 is 2.00 bits per heavy atom. The molecule has 4 N–H and O–H groups in total. The van der Waals surface area contributed by atoms with Crippen LogP contribution in [0.2, 0.25) is 0 Å². The zero-order valence-corrected chi connectivity index (χ0v) is 10.6. The number of nitrogens with zero attached hydrogens (tertiary/aromatic N) is 1. The number of hydrogen-bond donors (Lipinski definition) is 2. The Kier molecular flexibility index (Phi) is 3.07. The van der Waals surface area contributed by atoms with Gasteiger partial charge in [-0.2, -0.15) is 0 Å². The Balaban J connectivity index is 2.37. The van der Waals surface area contributed by atoms with E-state index in [-0.39, 0.29) is 12.8 Å². The Morgan fingerprint density at radius 1 is 1.29 bits per heavy atom. The van der Waals surface area contributed by atoms with E-state index < -0.39 is 5.92 Å². The average molecular weight is 304 g/mol. The van der Waals surface area contributed by atoms with E-state index in [1.807, 2.05) is 0 Å². The van der Waals surface area contributed by atoms with E-state index in [4.69, 9.17) is 11.5 Å². The number of aromatic nitrogens is 1. The molecule has 6 heteroatoms. The van der Waals surface area contributed by atoms with Gasteiger partial charge in [-0.1, -0.05) is 6.08 Å². The first-order chi connectivity index (χ1) is 7.91. The Bertz CT molecular complexity index is 486. The standard InChI is InChI=1S/C11H12BrF2N3/c12-10-9(16)8(15)7(5-17-10)6-1-3-11(13,14)4-2-6/h1,5H,2-4,16H2,(H2,15,17). The van der Waals surface area contributed by atoms with Crippen LogP contribution >= 0.6 is 15.9 Å². The van der Waals surface area contributed by atoms with Crippen LogP contribution in [0.3, 0.4) is 0 Å². The van der Waals surface area contributed by atoms with Crippen LogP contribution in [0, 0.1) is 0 Å². The second-order valence-electron chi connectivity index (χ2n) is 4.08. The predicted molar refractivity (Wildman–Crippen MR) is 67.5 cm³/mol. The Labute approximate surface area is 106 Å². The number of anilines is 2. The number of nitrogens with two attached hydrogens (primary N) is 2. The first kappa shape index (κ1) is 12.3. The van der Waals surface area contributed by atoms with Gasteiger partial charge < -0.3 is 11.5 Å². The Hall–Kier alpha value is -1.17. The minimum Gasteiger partial charge on any atom is -0.396 e. The van der Waals surface area contributed by atoms with E-state index in [1.54, 1.807) is 6.20 Å². The maximum atomic E-state index is 13.0. The molecular formula is C11H12BrF2N3. The number of pyridine rings is 1. The van der Waals surface area contributed by atoms with E-state index in [0.29, 0.717) is 28.0 Å². The number of halogens is 3. The van der Waals surface area contributed by atoms with Crippen LogP contribution in [-0.4, -0.2) is 10.9 Å². The summed E-state index contributed by atoms with van der Waals surface area (Å²) in [5, 5.41) is 0. The maximum Gasteiger partial charge on any atom is 0.251 e. The molecule has 0 bridgehead atoms. The minimum absolute atomic E-state index is 0.158. The fraction of sp³-hybridized carbons (Fsp3) is 0.364. The summed E-state index contributed by atoms with van der Waals surface area (Å²) in [6.45, 7) is 0. The highest BCUT2D eigenvalue weighted by atomic mass is 79.9. The number of nitrogen functional groups attached to an aromatic ring is 2. The summed E-state index contributed by atoms with van der Waals surface area (Å²) in [6.07, 6.45) is 2.96. The van der Waals surface area contributed by atoms with Gasteiger partial charge in [-0.15, -0.1) is 0 Å². The molecule has 0 unspecified atom stereocenters. The van der Waals surface area contributed by atoms with Crippen LogP contribution in [-0.2, 0) is 0 Å². The molecule has 1 heterocycles. The summed E-state index contributed by atoms with van der Waals surface area (Å²) in [7, 11) is 0. The third-order valence-electron chi connectivity index (χ3n) is 2.86. The first-order valence-corrected chi connectivity index (χ1v) is 5.97. The van der Waals surface area contributed by atoms with E-state index in [1.165, 1.54) is 6.08 Å². The van der Waals surface area contributed by atoms with Gasteiger partial charge in [0, 0.05) is 24.6 Å². The Morgan fingerprint density at radius 3 is 2.59 bits per heavy atom. The van der Waals surface area contributed by atoms with E-state index in [0.717, 1.165) is 5.57 Å². The molecule has 0 saturated heterocycles. The van der Waals surface area contributed by atoms with Gasteiger partial charge in [-0.3, -0.25) is 0 Å². The van der Waals surface area contributed by atoms with Gasteiger partial charge in [0.15, 0.2) is 0 Å². The maximum absolute atomic E-state index is 13.0. The molecule has 0 aliphatic heterocycles. The van der Waals surface area contributed by atoms with Crippen molar-refractivity contribution in [3.05, 3.63) is 22.4 Å². The van der Waals surface area contributed by atoms with Crippen molar-refractivity contribution in [2.24, 2.45) is 0 Å². The molecule has 0 fully saturated rings. The molecular weight excluding hydrogens is 292 g/mol. The molecule has 1 aliphatic carbocycles. The second kappa shape index (κ2) is 4.25. The average Bonchev–Trinajstić information content (AvgIpc) is 2.27. The molecule has 1 aliphatic rings. The van der Waals surface area contributed by atoms with E-state index >= 15 is 0 Å². The fourth-order valence-corrected chi connectivity index (χ4v) is 2.13. The van der Waals surface area contributed by atoms with Gasteiger partial charge in [0.2, 0.25) is 0 Å². The zero-order chi connectivity index (χ0) is 12.6. The molecule has 1 aromatic heterocycles. The summed E-state index contributed by atoms with van der Waals surface area (Å²) < 4.78 is 26.5. The number of alkyl halides is 2. The lowest BCUT2D eigenvalue weighted by Crippen LogP contribution is -2.18. The van der Waals surface area contributed by atoms with Crippen molar-refractivity contribution in [1.29, 1.82) is 0 Å². The third-order valence-corrected chi connectivity index (χ3v) is 3.49. The number of allylic oxidation sites excluding steroid dienone is 2. The van der Waals surface area contributed by atoms with Crippen LogP contribution < -0.4 is 11.5 Å². The first-order valence-electron chi connectivity index (χ1n) is 5.17. The zero-order valence-electron chi connectivity index (χ0n) is 9.01. The summed E-state index contributed by atoms with van der Waals surface area (Å²) in [4.78, 5) is 4.03. The SMILES string of the molecule is Nc1c(C2=CCC(F)(F)CC2)cnc(Br)c1N. The summed E-state index contributed by atoms with van der Waals surface area (Å²) in [5.41, 5.74) is 13.8. The number of rotatable bonds is 1.